The quantitative estimate of drug-likeness (QED) is 0.528. The van der Waals surface area contributed by atoms with Crippen molar-refractivity contribution in [3.8, 4) is 5.75 Å². The van der Waals surface area contributed by atoms with Crippen LogP contribution in [0.3, 0.4) is 0 Å². The maximum atomic E-state index is 14.1. The van der Waals surface area contributed by atoms with Gasteiger partial charge in [-0.25, -0.2) is 13.9 Å². The second kappa shape index (κ2) is 7.00. The van der Waals surface area contributed by atoms with E-state index < -0.39 is 0 Å². The third-order valence-electron chi connectivity index (χ3n) is 4.48. The molecule has 1 N–H and O–H groups in total. The Morgan fingerprint density at radius 2 is 1.65 bits per heavy atom. The average molecular weight is 347 g/mol. The zero-order valence-electron chi connectivity index (χ0n) is 14.6. The highest BCUT2D eigenvalue weighted by molar-refractivity contribution is 5.71. The number of nitrogens with one attached hydrogen (secondary N) is 1. The van der Waals surface area contributed by atoms with Crippen LogP contribution in [0.15, 0.2) is 72.8 Å². The molecule has 130 valence electrons. The number of ether oxygens (including phenoxy) is 1. The average Bonchev–Trinajstić information content (AvgIpc) is 3.01. The summed E-state index contributed by atoms with van der Waals surface area (Å²) in [4.78, 5) is 3.40. The summed E-state index contributed by atoms with van der Waals surface area (Å²) in [5, 5.41) is 0. The molecule has 0 unspecified atom stereocenters. The molecule has 0 fully saturated rings. The van der Waals surface area contributed by atoms with Crippen LogP contribution in [0.5, 0.6) is 5.75 Å². The Kier molecular flexibility index (Phi) is 4.40. The second-order valence-corrected chi connectivity index (χ2v) is 6.37. The Labute approximate surface area is 151 Å². The molecule has 0 atom stereocenters. The van der Waals surface area contributed by atoms with Crippen molar-refractivity contribution in [3.05, 3.63) is 95.6 Å². The van der Waals surface area contributed by atoms with Gasteiger partial charge in [-0.2, -0.15) is 0 Å². The molecule has 4 rings (SSSR count). The topological polar surface area (TPSA) is 28.9 Å². The van der Waals surface area contributed by atoms with E-state index in [9.17, 15) is 4.39 Å². The number of rotatable bonds is 5. The number of nitrogens with zero attached hydrogens (tertiary/aromatic N) is 1. The lowest BCUT2D eigenvalue weighted by Gasteiger charge is -2.06. The van der Waals surface area contributed by atoms with Gasteiger partial charge in [0.05, 0.1) is 0 Å². The molecular formula is C22H20FN2O+. The summed E-state index contributed by atoms with van der Waals surface area (Å²) in [6.45, 7) is 2.87. The van der Waals surface area contributed by atoms with Crippen LogP contribution in [0.1, 0.15) is 17.0 Å². The van der Waals surface area contributed by atoms with Crippen molar-refractivity contribution >= 4 is 11.0 Å². The SMILES string of the molecule is Cc1ccc(OCc2[nH]c3ccccc3[n+]2Cc2ccccc2F)cc1. The molecule has 0 aliphatic heterocycles. The van der Waals surface area contributed by atoms with Crippen molar-refractivity contribution in [2.75, 3.05) is 0 Å². The number of benzene rings is 3. The van der Waals surface area contributed by atoms with E-state index in [1.54, 1.807) is 6.07 Å². The first-order valence-electron chi connectivity index (χ1n) is 8.63. The van der Waals surface area contributed by atoms with Crippen LogP contribution in [-0.2, 0) is 13.2 Å². The summed E-state index contributed by atoms with van der Waals surface area (Å²) in [7, 11) is 0. The summed E-state index contributed by atoms with van der Waals surface area (Å²) in [5.74, 6) is 1.51. The maximum Gasteiger partial charge on any atom is 0.294 e. The summed E-state index contributed by atoms with van der Waals surface area (Å²) in [6.07, 6.45) is 0. The van der Waals surface area contributed by atoms with Crippen molar-refractivity contribution < 1.29 is 13.7 Å². The first-order chi connectivity index (χ1) is 12.7. The van der Waals surface area contributed by atoms with Crippen molar-refractivity contribution in [3.63, 3.8) is 0 Å². The number of imidazole rings is 1. The van der Waals surface area contributed by atoms with E-state index in [1.165, 1.54) is 11.6 Å². The van der Waals surface area contributed by atoms with Gasteiger partial charge in [0.25, 0.3) is 5.82 Å². The summed E-state index contributed by atoms with van der Waals surface area (Å²) < 4.78 is 22.2. The summed E-state index contributed by atoms with van der Waals surface area (Å²) in [5.41, 5.74) is 3.88. The summed E-state index contributed by atoms with van der Waals surface area (Å²) >= 11 is 0. The molecule has 3 nitrogen and oxygen atoms in total. The van der Waals surface area contributed by atoms with Crippen LogP contribution in [0.2, 0.25) is 0 Å². The number of fused-ring (bicyclic) bond motifs is 1. The van der Waals surface area contributed by atoms with Gasteiger partial charge in [-0.05, 0) is 37.3 Å². The third kappa shape index (κ3) is 3.31. The van der Waals surface area contributed by atoms with Gasteiger partial charge in [0.2, 0.25) is 0 Å². The number of aromatic nitrogens is 2. The molecule has 4 aromatic rings. The molecule has 3 aromatic carbocycles. The molecular weight excluding hydrogens is 327 g/mol. The van der Waals surface area contributed by atoms with E-state index >= 15 is 0 Å². The first kappa shape index (κ1) is 16.3. The Bertz CT molecular complexity index is 1040. The highest BCUT2D eigenvalue weighted by Gasteiger charge is 2.20. The van der Waals surface area contributed by atoms with Gasteiger partial charge >= 0.3 is 0 Å². The lowest BCUT2D eigenvalue weighted by molar-refractivity contribution is -0.671. The highest BCUT2D eigenvalue weighted by Crippen LogP contribution is 2.16. The number of para-hydroxylation sites is 2. The molecule has 1 aromatic heterocycles. The van der Waals surface area contributed by atoms with Gasteiger partial charge in [-0.15, -0.1) is 0 Å². The number of hydrogen-bond acceptors (Lipinski definition) is 1. The zero-order valence-corrected chi connectivity index (χ0v) is 14.6. The third-order valence-corrected chi connectivity index (χ3v) is 4.48. The normalized spacial score (nSPS) is 11.0. The molecule has 1 heterocycles. The van der Waals surface area contributed by atoms with Gasteiger partial charge < -0.3 is 4.74 Å². The largest absolute Gasteiger partial charge is 0.481 e. The molecule has 0 aliphatic carbocycles. The first-order valence-corrected chi connectivity index (χ1v) is 8.63. The monoisotopic (exact) mass is 347 g/mol. The standard InChI is InChI=1S/C22H19FN2O/c1-16-10-12-18(13-11-16)26-15-22-24-20-8-4-5-9-21(20)25(22)14-17-6-2-3-7-19(17)23/h2-13H,14-15H2,1H3/p+1. The van der Waals surface area contributed by atoms with Crippen molar-refractivity contribution in [1.29, 1.82) is 0 Å². The number of halogens is 1. The minimum Gasteiger partial charge on any atom is -0.481 e. The predicted octanol–water partition coefficient (Wildman–Crippen LogP) is 4.53. The molecule has 0 saturated heterocycles. The minimum absolute atomic E-state index is 0.198. The van der Waals surface area contributed by atoms with Gasteiger partial charge in [0.15, 0.2) is 17.6 Å². The van der Waals surface area contributed by atoms with E-state index in [0.29, 0.717) is 18.7 Å². The molecule has 0 aliphatic rings. The Morgan fingerprint density at radius 3 is 2.46 bits per heavy atom. The van der Waals surface area contributed by atoms with E-state index in [2.05, 4.69) is 9.55 Å². The molecule has 0 amide bonds. The van der Waals surface area contributed by atoms with Gasteiger partial charge in [0, 0.05) is 5.56 Å². The van der Waals surface area contributed by atoms with Crippen LogP contribution >= 0.6 is 0 Å². The van der Waals surface area contributed by atoms with Crippen LogP contribution in [0, 0.1) is 12.7 Å². The van der Waals surface area contributed by atoms with Crippen molar-refractivity contribution in [2.45, 2.75) is 20.1 Å². The zero-order chi connectivity index (χ0) is 17.9. The van der Waals surface area contributed by atoms with Gasteiger partial charge in [-0.1, -0.05) is 48.0 Å². The van der Waals surface area contributed by atoms with E-state index in [0.717, 1.165) is 22.6 Å². The molecule has 4 heteroatoms. The van der Waals surface area contributed by atoms with E-state index in [-0.39, 0.29) is 5.82 Å². The Balaban J connectivity index is 1.67. The molecule has 0 radical (unpaired) electrons. The predicted molar refractivity (Wildman–Crippen MR) is 99.5 cm³/mol. The van der Waals surface area contributed by atoms with Gasteiger partial charge in [-0.3, -0.25) is 0 Å². The lowest BCUT2D eigenvalue weighted by Crippen LogP contribution is -2.38. The molecule has 0 saturated carbocycles. The van der Waals surface area contributed by atoms with Crippen LogP contribution in [0.25, 0.3) is 11.0 Å². The van der Waals surface area contributed by atoms with Crippen LogP contribution < -0.4 is 9.30 Å². The smallest absolute Gasteiger partial charge is 0.294 e. The molecule has 0 spiro atoms. The van der Waals surface area contributed by atoms with Crippen molar-refractivity contribution in [1.82, 2.24) is 4.98 Å². The fraction of sp³-hybridized carbons (Fsp3) is 0.136. The highest BCUT2D eigenvalue weighted by atomic mass is 19.1. The van der Waals surface area contributed by atoms with E-state index in [4.69, 9.17) is 4.74 Å². The fourth-order valence-electron chi connectivity index (χ4n) is 3.06. The van der Waals surface area contributed by atoms with Gasteiger partial charge in [0.1, 0.15) is 18.1 Å². The second-order valence-electron chi connectivity index (χ2n) is 6.37. The van der Waals surface area contributed by atoms with Crippen LogP contribution in [0.4, 0.5) is 4.39 Å². The van der Waals surface area contributed by atoms with E-state index in [1.807, 2.05) is 67.6 Å². The molecule has 0 bridgehead atoms. The molecule has 26 heavy (non-hydrogen) atoms. The van der Waals surface area contributed by atoms with Crippen molar-refractivity contribution in [2.24, 2.45) is 0 Å². The number of aromatic amines is 1. The Morgan fingerprint density at radius 1 is 0.923 bits per heavy atom. The maximum absolute atomic E-state index is 14.1. The summed E-state index contributed by atoms with van der Waals surface area (Å²) in [6, 6.07) is 22.8. The fourth-order valence-corrected chi connectivity index (χ4v) is 3.06. The lowest BCUT2D eigenvalue weighted by atomic mass is 10.2. The number of hydrogen-bond donors (Lipinski definition) is 1. The Hall–Kier alpha value is -3.14. The van der Waals surface area contributed by atoms with Crippen LogP contribution in [-0.4, -0.2) is 4.98 Å². The number of H-pyrrole nitrogens is 1. The number of aryl methyl sites for hydroxylation is 1. The minimum atomic E-state index is -0.198.